The van der Waals surface area contributed by atoms with Crippen molar-refractivity contribution in [1.29, 1.82) is 0 Å². The highest BCUT2D eigenvalue weighted by molar-refractivity contribution is 7.58. The number of hydrogen-bond donors (Lipinski definition) is 5. The highest BCUT2D eigenvalue weighted by atomic mass is 31.2. The van der Waals surface area contributed by atoms with Gasteiger partial charge in [0.25, 0.3) is 0 Å². The Balaban J connectivity index is 2.52. The minimum absolute atomic E-state index is 0.0597. The summed E-state index contributed by atoms with van der Waals surface area (Å²) in [7, 11) is -3.45. The lowest BCUT2D eigenvalue weighted by Crippen LogP contribution is -2.55. The van der Waals surface area contributed by atoms with Crippen LogP contribution in [0.15, 0.2) is 0 Å². The van der Waals surface area contributed by atoms with Gasteiger partial charge in [0.1, 0.15) is 6.04 Å². The summed E-state index contributed by atoms with van der Waals surface area (Å²) >= 11 is 0. The predicted octanol–water partition coefficient (Wildman–Crippen LogP) is 1.44. The van der Waals surface area contributed by atoms with E-state index in [1.807, 2.05) is 13.8 Å². The van der Waals surface area contributed by atoms with Gasteiger partial charge in [-0.25, -0.2) is 0 Å². The van der Waals surface area contributed by atoms with Crippen molar-refractivity contribution in [2.75, 3.05) is 18.9 Å². The molecule has 1 rings (SSSR count). The standard InChI is InChI=1S/C20H40N3O5P/c1-13(2)17(21)19(25)23-18(14(3)4)20(26)22-10-16(24)12-29(27,28)11-15-8-6-5-7-9-15/h13-18,24H,5-12,21H2,1-4H3,(H,22,26)(H,23,25)(H,27,28)/t16-,17-,18-/m1/s1. The van der Waals surface area contributed by atoms with E-state index in [1.165, 1.54) is 6.42 Å². The molecular weight excluding hydrogens is 393 g/mol. The van der Waals surface area contributed by atoms with Crippen LogP contribution in [0.25, 0.3) is 0 Å². The van der Waals surface area contributed by atoms with E-state index in [0.717, 1.165) is 25.7 Å². The summed E-state index contributed by atoms with van der Waals surface area (Å²) < 4.78 is 12.5. The first kappa shape index (κ1) is 26.1. The Kier molecular flexibility index (Phi) is 10.8. The fourth-order valence-electron chi connectivity index (χ4n) is 3.66. The van der Waals surface area contributed by atoms with Crippen LogP contribution in [0, 0.1) is 17.8 Å². The van der Waals surface area contributed by atoms with Crippen molar-refractivity contribution in [1.82, 2.24) is 10.6 Å². The summed E-state index contributed by atoms with van der Waals surface area (Å²) in [6.45, 7) is 7.11. The first-order chi connectivity index (χ1) is 13.4. The molecule has 1 aliphatic rings. The monoisotopic (exact) mass is 433 g/mol. The van der Waals surface area contributed by atoms with Crippen LogP contribution in [0.5, 0.6) is 0 Å². The summed E-state index contributed by atoms with van der Waals surface area (Å²) in [5.74, 6) is -0.835. The maximum atomic E-state index is 12.5. The molecule has 0 bridgehead atoms. The molecule has 2 amide bonds. The minimum atomic E-state index is -3.45. The number of hydrogen-bond acceptors (Lipinski definition) is 5. The molecule has 1 fully saturated rings. The number of amides is 2. The molecule has 0 spiro atoms. The third kappa shape index (κ3) is 9.60. The summed E-state index contributed by atoms with van der Waals surface area (Å²) in [6.07, 6.45) is 4.17. The number of rotatable bonds is 11. The van der Waals surface area contributed by atoms with Gasteiger partial charge in [-0.15, -0.1) is 0 Å². The minimum Gasteiger partial charge on any atom is -0.391 e. The summed E-state index contributed by atoms with van der Waals surface area (Å²) in [4.78, 5) is 34.9. The second-order valence-electron chi connectivity index (χ2n) is 9.11. The molecule has 29 heavy (non-hydrogen) atoms. The number of nitrogens with one attached hydrogen (secondary N) is 2. The first-order valence-corrected chi connectivity index (χ1v) is 12.8. The smallest absolute Gasteiger partial charge is 0.242 e. The summed E-state index contributed by atoms with van der Waals surface area (Å²) in [5, 5.41) is 15.4. The van der Waals surface area contributed by atoms with E-state index in [1.54, 1.807) is 13.8 Å². The molecule has 170 valence electrons. The topological polar surface area (TPSA) is 142 Å². The van der Waals surface area contributed by atoms with Crippen LogP contribution >= 0.6 is 7.37 Å². The Labute approximate surface area is 174 Å². The van der Waals surface area contributed by atoms with Crippen molar-refractivity contribution < 1.29 is 24.2 Å². The largest absolute Gasteiger partial charge is 0.391 e. The van der Waals surface area contributed by atoms with Gasteiger partial charge >= 0.3 is 0 Å². The van der Waals surface area contributed by atoms with Gasteiger partial charge in [-0.2, -0.15) is 0 Å². The Morgan fingerprint density at radius 1 is 1.07 bits per heavy atom. The third-order valence-corrected chi connectivity index (χ3v) is 7.62. The van der Waals surface area contributed by atoms with Gasteiger partial charge in [0.15, 0.2) is 0 Å². The fraction of sp³-hybridized carbons (Fsp3) is 0.900. The molecular formula is C20H40N3O5P. The number of aliphatic hydroxyl groups is 1. The van der Waals surface area contributed by atoms with Crippen LogP contribution in [0.2, 0.25) is 0 Å². The third-order valence-electron chi connectivity index (χ3n) is 5.54. The highest BCUT2D eigenvalue weighted by Crippen LogP contribution is 2.45. The Morgan fingerprint density at radius 2 is 1.66 bits per heavy atom. The van der Waals surface area contributed by atoms with Crippen LogP contribution in [0.3, 0.4) is 0 Å². The van der Waals surface area contributed by atoms with Gasteiger partial charge in [-0.3, -0.25) is 14.2 Å². The molecule has 0 aromatic rings. The molecule has 1 unspecified atom stereocenters. The fourth-order valence-corrected chi connectivity index (χ4v) is 5.77. The molecule has 0 aromatic heterocycles. The van der Waals surface area contributed by atoms with E-state index in [9.17, 15) is 24.2 Å². The van der Waals surface area contributed by atoms with E-state index < -0.39 is 37.4 Å². The van der Waals surface area contributed by atoms with Crippen molar-refractivity contribution in [3.63, 3.8) is 0 Å². The first-order valence-electron chi connectivity index (χ1n) is 10.8. The van der Waals surface area contributed by atoms with E-state index in [4.69, 9.17) is 5.73 Å². The Hall–Kier alpha value is -0.950. The van der Waals surface area contributed by atoms with Crippen LogP contribution in [-0.2, 0) is 14.2 Å². The number of carbonyl (C=O) groups is 2. The van der Waals surface area contributed by atoms with Gasteiger partial charge in [-0.1, -0.05) is 47.0 Å². The highest BCUT2D eigenvalue weighted by Gasteiger charge is 2.30. The molecule has 6 N–H and O–H groups in total. The van der Waals surface area contributed by atoms with Gasteiger partial charge in [0.2, 0.25) is 19.2 Å². The van der Waals surface area contributed by atoms with Crippen molar-refractivity contribution in [2.24, 2.45) is 23.5 Å². The zero-order valence-electron chi connectivity index (χ0n) is 18.3. The van der Waals surface area contributed by atoms with E-state index >= 15 is 0 Å². The number of aliphatic hydroxyl groups excluding tert-OH is 1. The molecule has 0 saturated heterocycles. The average molecular weight is 434 g/mol. The van der Waals surface area contributed by atoms with Crippen LogP contribution in [0.4, 0.5) is 0 Å². The molecule has 4 atom stereocenters. The van der Waals surface area contributed by atoms with Crippen LogP contribution in [0.1, 0.15) is 59.8 Å². The number of carbonyl (C=O) groups excluding carboxylic acids is 2. The summed E-state index contributed by atoms with van der Waals surface area (Å²) in [5.41, 5.74) is 5.83. The maximum Gasteiger partial charge on any atom is 0.242 e. The molecule has 0 aromatic carbocycles. The van der Waals surface area contributed by atoms with Crippen molar-refractivity contribution >= 4 is 19.2 Å². The normalized spacial score (nSPS) is 20.7. The van der Waals surface area contributed by atoms with Crippen LogP contribution < -0.4 is 16.4 Å². The lowest BCUT2D eigenvalue weighted by Gasteiger charge is -2.26. The molecule has 1 saturated carbocycles. The quantitative estimate of drug-likeness (QED) is 0.312. The Morgan fingerprint density at radius 3 is 2.17 bits per heavy atom. The molecule has 0 radical (unpaired) electrons. The SMILES string of the molecule is CC(C)[C@@H](N)C(=O)N[C@@H](C(=O)NC[C@@H](O)CP(=O)(O)CC1CCCCC1)C(C)C. The average Bonchev–Trinajstić information content (AvgIpc) is 2.62. The predicted molar refractivity (Wildman–Crippen MR) is 115 cm³/mol. The Bertz CT molecular complexity index is 578. The second kappa shape index (κ2) is 12.0. The molecule has 9 heteroatoms. The molecule has 1 aliphatic carbocycles. The maximum absolute atomic E-state index is 12.5. The second-order valence-corrected chi connectivity index (χ2v) is 11.5. The van der Waals surface area contributed by atoms with Crippen molar-refractivity contribution in [3.8, 4) is 0 Å². The van der Waals surface area contributed by atoms with Gasteiger partial charge in [0.05, 0.1) is 18.3 Å². The summed E-state index contributed by atoms with van der Waals surface area (Å²) in [6, 6.07) is -1.50. The zero-order chi connectivity index (χ0) is 22.2. The van der Waals surface area contributed by atoms with Crippen molar-refractivity contribution in [3.05, 3.63) is 0 Å². The van der Waals surface area contributed by atoms with Gasteiger partial charge in [0, 0.05) is 12.7 Å². The van der Waals surface area contributed by atoms with E-state index in [2.05, 4.69) is 10.6 Å². The zero-order valence-corrected chi connectivity index (χ0v) is 19.2. The number of nitrogens with two attached hydrogens (primary N) is 1. The molecule has 0 heterocycles. The molecule has 0 aliphatic heterocycles. The molecule has 8 nitrogen and oxygen atoms in total. The van der Waals surface area contributed by atoms with Crippen LogP contribution in [-0.4, -0.2) is 58.9 Å². The van der Waals surface area contributed by atoms with E-state index in [-0.39, 0.29) is 36.6 Å². The van der Waals surface area contributed by atoms with Gasteiger partial charge < -0.3 is 26.4 Å². The van der Waals surface area contributed by atoms with E-state index in [0.29, 0.717) is 0 Å². The van der Waals surface area contributed by atoms with Gasteiger partial charge in [-0.05, 0) is 30.6 Å². The lowest BCUT2D eigenvalue weighted by molar-refractivity contribution is -0.131. The lowest BCUT2D eigenvalue weighted by atomic mass is 9.91. The van der Waals surface area contributed by atoms with Crippen molar-refractivity contribution in [2.45, 2.75) is 78.0 Å².